The molecule has 3 rings (SSSR count). The van der Waals surface area contributed by atoms with Crippen molar-refractivity contribution in [3.05, 3.63) is 41.0 Å². The molecule has 1 fully saturated rings. The number of halogens is 3. The Morgan fingerprint density at radius 3 is 2.61 bits per heavy atom. The third-order valence-electron chi connectivity index (χ3n) is 4.02. The Kier molecular flexibility index (Phi) is 7.55. The molecule has 1 aliphatic rings. The van der Waals surface area contributed by atoms with Crippen LogP contribution >= 0.6 is 36.4 Å². The molecule has 1 heterocycles. The van der Waals surface area contributed by atoms with Gasteiger partial charge in [-0.1, -0.05) is 17.7 Å². The molecule has 4 nitrogen and oxygen atoms in total. The van der Waals surface area contributed by atoms with Gasteiger partial charge < -0.3 is 11.1 Å². The van der Waals surface area contributed by atoms with E-state index in [4.69, 9.17) is 17.3 Å². The van der Waals surface area contributed by atoms with E-state index in [1.807, 2.05) is 18.2 Å². The van der Waals surface area contributed by atoms with Gasteiger partial charge in [0.2, 0.25) is 0 Å². The summed E-state index contributed by atoms with van der Waals surface area (Å²) in [4.78, 5) is 16.8. The minimum Gasteiger partial charge on any atom is -0.349 e. The van der Waals surface area contributed by atoms with Crippen molar-refractivity contribution in [2.75, 3.05) is 0 Å². The number of carbonyl (C=O) groups excluding carboxylic acids is 1. The summed E-state index contributed by atoms with van der Waals surface area (Å²) in [6, 6.07) is 7.70. The van der Waals surface area contributed by atoms with Crippen LogP contribution in [0.15, 0.2) is 30.5 Å². The zero-order valence-electron chi connectivity index (χ0n) is 12.5. The molecule has 23 heavy (non-hydrogen) atoms. The summed E-state index contributed by atoms with van der Waals surface area (Å²) < 4.78 is 0. The highest BCUT2D eigenvalue weighted by molar-refractivity contribution is 6.32. The second-order valence-corrected chi connectivity index (χ2v) is 6.05. The van der Waals surface area contributed by atoms with Gasteiger partial charge >= 0.3 is 0 Å². The normalized spacial score (nSPS) is 20.3. The van der Waals surface area contributed by atoms with E-state index in [9.17, 15) is 4.79 Å². The van der Waals surface area contributed by atoms with E-state index in [1.165, 1.54) is 0 Å². The van der Waals surface area contributed by atoms with Crippen LogP contribution in [-0.2, 0) is 0 Å². The molecule has 1 aliphatic carbocycles. The Morgan fingerprint density at radius 2 is 1.91 bits per heavy atom. The molecule has 0 saturated heterocycles. The molecule has 2 aromatic rings. The lowest BCUT2D eigenvalue weighted by atomic mass is 9.91. The molecule has 0 atom stereocenters. The lowest BCUT2D eigenvalue weighted by Gasteiger charge is -2.26. The smallest absolute Gasteiger partial charge is 0.253 e. The van der Waals surface area contributed by atoms with Crippen molar-refractivity contribution in [1.82, 2.24) is 10.3 Å². The Hall–Kier alpha value is -1.07. The minimum atomic E-state index is -0.110. The fourth-order valence-electron chi connectivity index (χ4n) is 2.86. The highest BCUT2D eigenvalue weighted by atomic mass is 35.5. The lowest BCUT2D eigenvalue weighted by Crippen LogP contribution is -2.40. The third-order valence-corrected chi connectivity index (χ3v) is 4.24. The summed E-state index contributed by atoms with van der Waals surface area (Å²) in [6.07, 6.45) is 5.46. The number of carbonyl (C=O) groups is 1. The van der Waals surface area contributed by atoms with Crippen LogP contribution in [0.2, 0.25) is 5.02 Å². The Morgan fingerprint density at radius 1 is 1.22 bits per heavy atom. The van der Waals surface area contributed by atoms with E-state index in [0.29, 0.717) is 16.1 Å². The number of nitrogens with two attached hydrogens (primary N) is 1. The average Bonchev–Trinajstić information content (AvgIpc) is 2.48. The molecule has 1 saturated carbocycles. The summed E-state index contributed by atoms with van der Waals surface area (Å²) in [5.74, 6) is -0.110. The molecular weight excluding hydrogens is 357 g/mol. The number of benzene rings is 1. The third kappa shape index (κ3) is 4.70. The molecule has 0 unspecified atom stereocenters. The van der Waals surface area contributed by atoms with Crippen molar-refractivity contribution in [3.63, 3.8) is 0 Å². The largest absolute Gasteiger partial charge is 0.349 e. The monoisotopic (exact) mass is 375 g/mol. The number of hydrogen-bond acceptors (Lipinski definition) is 3. The molecule has 0 aliphatic heterocycles. The Bertz CT molecular complexity index is 673. The zero-order valence-corrected chi connectivity index (χ0v) is 14.9. The van der Waals surface area contributed by atoms with Gasteiger partial charge in [0, 0.05) is 28.7 Å². The first kappa shape index (κ1) is 20.0. The predicted molar refractivity (Wildman–Crippen MR) is 98.9 cm³/mol. The van der Waals surface area contributed by atoms with Gasteiger partial charge in [-0.05, 0) is 43.9 Å². The maximum atomic E-state index is 12.5. The second-order valence-electron chi connectivity index (χ2n) is 5.61. The molecule has 3 N–H and O–H groups in total. The molecule has 0 spiro atoms. The fourth-order valence-corrected chi connectivity index (χ4v) is 3.08. The first-order valence-corrected chi connectivity index (χ1v) is 7.62. The Balaban J connectivity index is 0.00000132. The highest BCUT2D eigenvalue weighted by Crippen LogP contribution is 2.23. The van der Waals surface area contributed by atoms with E-state index < -0.39 is 0 Å². The molecule has 0 bridgehead atoms. The van der Waals surface area contributed by atoms with Crippen molar-refractivity contribution < 1.29 is 4.79 Å². The number of nitrogens with zero attached hydrogens (tertiary/aromatic N) is 1. The first-order valence-electron chi connectivity index (χ1n) is 7.24. The van der Waals surface area contributed by atoms with Crippen LogP contribution in [0.4, 0.5) is 0 Å². The van der Waals surface area contributed by atoms with Crippen molar-refractivity contribution in [2.24, 2.45) is 5.73 Å². The number of rotatable bonds is 2. The van der Waals surface area contributed by atoms with E-state index in [-0.39, 0.29) is 42.8 Å². The maximum Gasteiger partial charge on any atom is 0.253 e. The van der Waals surface area contributed by atoms with Crippen LogP contribution in [0, 0.1) is 0 Å². The van der Waals surface area contributed by atoms with Crippen LogP contribution in [0.25, 0.3) is 10.9 Å². The SMILES string of the molecule is Cl.Cl.NC1CCC(NC(=O)c2cc(Cl)cc3cccnc23)CC1. The topological polar surface area (TPSA) is 68.0 Å². The van der Waals surface area contributed by atoms with Crippen LogP contribution in [-0.4, -0.2) is 23.0 Å². The molecule has 0 radical (unpaired) electrons. The molecular formula is C16H20Cl3N3O. The summed E-state index contributed by atoms with van der Waals surface area (Å²) in [7, 11) is 0. The van der Waals surface area contributed by atoms with Gasteiger partial charge in [0.15, 0.2) is 0 Å². The molecule has 7 heteroatoms. The van der Waals surface area contributed by atoms with Crippen LogP contribution in [0.5, 0.6) is 0 Å². The summed E-state index contributed by atoms with van der Waals surface area (Å²) in [5.41, 5.74) is 7.12. The van der Waals surface area contributed by atoms with Crippen LogP contribution < -0.4 is 11.1 Å². The summed E-state index contributed by atoms with van der Waals surface area (Å²) in [5, 5.41) is 4.51. The van der Waals surface area contributed by atoms with Gasteiger partial charge in [0.05, 0.1) is 11.1 Å². The number of nitrogens with one attached hydrogen (secondary N) is 1. The van der Waals surface area contributed by atoms with Crippen molar-refractivity contribution in [2.45, 2.75) is 37.8 Å². The summed E-state index contributed by atoms with van der Waals surface area (Å²) in [6.45, 7) is 0. The van der Waals surface area contributed by atoms with Gasteiger partial charge in [-0.2, -0.15) is 0 Å². The number of aromatic nitrogens is 1. The van der Waals surface area contributed by atoms with Crippen molar-refractivity contribution in [1.29, 1.82) is 0 Å². The van der Waals surface area contributed by atoms with E-state index >= 15 is 0 Å². The standard InChI is InChI=1S/C16H18ClN3O.2ClH/c17-11-8-10-2-1-7-19-15(10)14(9-11)16(21)20-13-5-3-12(18)4-6-13;;/h1-2,7-9,12-13H,3-6,18H2,(H,20,21);2*1H. The summed E-state index contributed by atoms with van der Waals surface area (Å²) >= 11 is 6.11. The zero-order chi connectivity index (χ0) is 14.8. The molecule has 126 valence electrons. The van der Waals surface area contributed by atoms with Crippen LogP contribution in [0.3, 0.4) is 0 Å². The highest BCUT2D eigenvalue weighted by Gasteiger charge is 2.21. The second kappa shape index (κ2) is 8.69. The van der Waals surface area contributed by atoms with E-state index in [1.54, 1.807) is 12.3 Å². The number of fused-ring (bicyclic) bond motifs is 1. The van der Waals surface area contributed by atoms with Gasteiger partial charge in [0.1, 0.15) is 0 Å². The van der Waals surface area contributed by atoms with Gasteiger partial charge in [-0.3, -0.25) is 9.78 Å². The first-order chi connectivity index (χ1) is 10.1. The predicted octanol–water partition coefficient (Wildman–Crippen LogP) is 3.73. The number of amides is 1. The lowest BCUT2D eigenvalue weighted by molar-refractivity contribution is 0.0927. The van der Waals surface area contributed by atoms with E-state index in [0.717, 1.165) is 31.1 Å². The Labute approximate surface area is 153 Å². The van der Waals surface area contributed by atoms with Gasteiger partial charge in [0.25, 0.3) is 5.91 Å². The molecule has 1 amide bonds. The van der Waals surface area contributed by atoms with Gasteiger partial charge in [-0.15, -0.1) is 24.8 Å². The average molecular weight is 377 g/mol. The van der Waals surface area contributed by atoms with E-state index in [2.05, 4.69) is 10.3 Å². The quantitative estimate of drug-likeness (QED) is 0.839. The van der Waals surface area contributed by atoms with Crippen molar-refractivity contribution >= 4 is 53.2 Å². The molecule has 1 aromatic heterocycles. The number of hydrogen-bond donors (Lipinski definition) is 2. The maximum absolute atomic E-state index is 12.5. The van der Waals surface area contributed by atoms with Crippen LogP contribution in [0.1, 0.15) is 36.0 Å². The minimum absolute atomic E-state index is 0. The molecule has 1 aromatic carbocycles. The fraction of sp³-hybridized carbons (Fsp3) is 0.375. The number of pyridine rings is 1. The van der Waals surface area contributed by atoms with Crippen molar-refractivity contribution in [3.8, 4) is 0 Å². The van der Waals surface area contributed by atoms with Gasteiger partial charge in [-0.25, -0.2) is 0 Å².